The van der Waals surface area contributed by atoms with Crippen LogP contribution >= 0.6 is 22.7 Å². The lowest BCUT2D eigenvalue weighted by atomic mass is 9.91. The zero-order valence-corrected chi connectivity index (χ0v) is 16.9. The second kappa shape index (κ2) is 6.85. The summed E-state index contributed by atoms with van der Waals surface area (Å²) in [5.41, 5.74) is -0.151. The summed E-state index contributed by atoms with van der Waals surface area (Å²) < 4.78 is 1.51. The molecule has 3 aromatic heterocycles. The zero-order valence-electron chi connectivity index (χ0n) is 15.3. The second-order valence-electron chi connectivity index (χ2n) is 7.13. The maximum atomic E-state index is 12.9. The number of piperidine rings is 1. The maximum Gasteiger partial charge on any atom is 0.263 e. The topological polar surface area (TPSA) is 75.4 Å². The van der Waals surface area contributed by atoms with Gasteiger partial charge in [-0.15, -0.1) is 22.7 Å². The number of fused-ring (bicyclic) bond motifs is 1. The van der Waals surface area contributed by atoms with Crippen molar-refractivity contribution in [1.82, 2.24) is 14.5 Å². The third kappa shape index (κ3) is 3.33. The van der Waals surface area contributed by atoms with Gasteiger partial charge in [0.2, 0.25) is 0 Å². The van der Waals surface area contributed by atoms with E-state index in [9.17, 15) is 14.7 Å². The molecule has 1 aliphatic heterocycles. The van der Waals surface area contributed by atoms with E-state index in [1.54, 1.807) is 4.90 Å². The van der Waals surface area contributed by atoms with E-state index in [0.29, 0.717) is 31.3 Å². The standard InChI is InChI=1S/C19H21N3O3S2/c1-12-13(2)27-16-15(12)18(24)22(11-20-16)10-19(25)5-7-21(8-6-19)17(23)14-4-3-9-26-14/h3-4,9,11,25H,5-8,10H2,1-2H3. The first-order valence-electron chi connectivity index (χ1n) is 8.88. The van der Waals surface area contributed by atoms with Crippen LogP contribution in [0.5, 0.6) is 0 Å². The lowest BCUT2D eigenvalue weighted by Gasteiger charge is -2.38. The molecule has 8 heteroatoms. The molecule has 1 fully saturated rings. The molecule has 1 N–H and O–H groups in total. The van der Waals surface area contributed by atoms with E-state index in [2.05, 4.69) is 4.98 Å². The highest BCUT2D eigenvalue weighted by molar-refractivity contribution is 7.18. The number of aliphatic hydroxyl groups is 1. The normalized spacial score (nSPS) is 16.8. The predicted octanol–water partition coefficient (Wildman–Crippen LogP) is 2.80. The summed E-state index contributed by atoms with van der Waals surface area (Å²) in [6.45, 7) is 5.08. The maximum absolute atomic E-state index is 12.9. The number of thiophene rings is 2. The molecule has 0 bridgehead atoms. The fraction of sp³-hybridized carbons (Fsp3) is 0.421. The minimum absolute atomic E-state index is 0.0108. The number of aryl methyl sites for hydroxylation is 2. The molecule has 0 spiro atoms. The Kier molecular flexibility index (Phi) is 4.65. The number of rotatable bonds is 3. The Hall–Kier alpha value is -2.03. The van der Waals surface area contributed by atoms with E-state index in [1.807, 2.05) is 31.4 Å². The third-order valence-corrected chi connectivity index (χ3v) is 7.31. The van der Waals surface area contributed by atoms with Crippen LogP contribution in [-0.4, -0.2) is 44.2 Å². The highest BCUT2D eigenvalue weighted by atomic mass is 32.1. The molecule has 0 atom stereocenters. The Balaban J connectivity index is 1.51. The zero-order chi connectivity index (χ0) is 19.2. The number of amides is 1. The molecule has 6 nitrogen and oxygen atoms in total. The molecule has 0 saturated carbocycles. The van der Waals surface area contributed by atoms with Crippen LogP contribution in [0.15, 0.2) is 28.6 Å². The summed E-state index contributed by atoms with van der Waals surface area (Å²) in [4.78, 5) is 34.1. The van der Waals surface area contributed by atoms with E-state index >= 15 is 0 Å². The number of aromatic nitrogens is 2. The Morgan fingerprint density at radius 1 is 1.33 bits per heavy atom. The van der Waals surface area contributed by atoms with Crippen molar-refractivity contribution in [3.05, 3.63) is 49.5 Å². The molecule has 4 rings (SSSR count). The van der Waals surface area contributed by atoms with Crippen LogP contribution in [0.25, 0.3) is 10.2 Å². The van der Waals surface area contributed by atoms with Gasteiger partial charge in [0.25, 0.3) is 11.5 Å². The van der Waals surface area contributed by atoms with Crippen LogP contribution in [0.3, 0.4) is 0 Å². The summed E-state index contributed by atoms with van der Waals surface area (Å²) in [6.07, 6.45) is 2.41. The van der Waals surface area contributed by atoms with Gasteiger partial charge in [0.15, 0.2) is 0 Å². The predicted molar refractivity (Wildman–Crippen MR) is 108 cm³/mol. The first-order valence-corrected chi connectivity index (χ1v) is 10.6. The van der Waals surface area contributed by atoms with Gasteiger partial charge in [-0.05, 0) is 43.7 Å². The fourth-order valence-corrected chi connectivity index (χ4v) is 5.22. The minimum atomic E-state index is -1.01. The van der Waals surface area contributed by atoms with Gasteiger partial charge >= 0.3 is 0 Å². The van der Waals surface area contributed by atoms with E-state index < -0.39 is 5.60 Å². The molecule has 1 amide bonds. The highest BCUT2D eigenvalue weighted by Crippen LogP contribution is 2.28. The summed E-state index contributed by atoms with van der Waals surface area (Å²) in [7, 11) is 0. The molecule has 0 aromatic carbocycles. The number of hydrogen-bond donors (Lipinski definition) is 1. The van der Waals surface area contributed by atoms with Gasteiger partial charge in [0.1, 0.15) is 4.83 Å². The Morgan fingerprint density at radius 3 is 2.74 bits per heavy atom. The van der Waals surface area contributed by atoms with E-state index in [0.717, 1.165) is 20.1 Å². The quantitative estimate of drug-likeness (QED) is 0.730. The average molecular weight is 404 g/mol. The van der Waals surface area contributed by atoms with Crippen molar-refractivity contribution in [3.63, 3.8) is 0 Å². The fourth-order valence-electron chi connectivity index (χ4n) is 3.54. The number of nitrogens with zero attached hydrogens (tertiary/aromatic N) is 3. The van der Waals surface area contributed by atoms with Gasteiger partial charge in [0.05, 0.1) is 28.7 Å². The molecule has 27 heavy (non-hydrogen) atoms. The van der Waals surface area contributed by atoms with Crippen LogP contribution in [-0.2, 0) is 6.54 Å². The van der Waals surface area contributed by atoms with Crippen molar-refractivity contribution in [3.8, 4) is 0 Å². The van der Waals surface area contributed by atoms with Crippen LogP contribution < -0.4 is 5.56 Å². The van der Waals surface area contributed by atoms with Crippen molar-refractivity contribution >= 4 is 38.8 Å². The lowest BCUT2D eigenvalue weighted by Crippen LogP contribution is -2.49. The molecule has 0 unspecified atom stereocenters. The molecule has 0 radical (unpaired) electrons. The van der Waals surface area contributed by atoms with E-state index in [4.69, 9.17) is 0 Å². The first kappa shape index (κ1) is 18.3. The van der Waals surface area contributed by atoms with Crippen LogP contribution in [0.1, 0.15) is 33.0 Å². The summed E-state index contributed by atoms with van der Waals surface area (Å²) in [5, 5.41) is 13.5. The van der Waals surface area contributed by atoms with Crippen molar-refractivity contribution in [1.29, 1.82) is 0 Å². The second-order valence-corrected chi connectivity index (χ2v) is 9.29. The lowest BCUT2D eigenvalue weighted by molar-refractivity contribution is -0.0298. The Labute approximate surface area is 164 Å². The summed E-state index contributed by atoms with van der Waals surface area (Å²) in [5.74, 6) is 0.0108. The van der Waals surface area contributed by atoms with Crippen molar-refractivity contribution in [2.24, 2.45) is 0 Å². The van der Waals surface area contributed by atoms with Crippen molar-refractivity contribution in [2.45, 2.75) is 38.8 Å². The molecule has 0 aliphatic carbocycles. The van der Waals surface area contributed by atoms with Gasteiger partial charge in [0, 0.05) is 18.0 Å². The van der Waals surface area contributed by atoms with Crippen LogP contribution in [0.4, 0.5) is 0 Å². The summed E-state index contributed by atoms with van der Waals surface area (Å²) in [6, 6.07) is 3.68. The van der Waals surface area contributed by atoms with Gasteiger partial charge in [-0.3, -0.25) is 14.2 Å². The minimum Gasteiger partial charge on any atom is -0.388 e. The Morgan fingerprint density at radius 2 is 2.07 bits per heavy atom. The molecule has 1 saturated heterocycles. The third-order valence-electron chi connectivity index (χ3n) is 5.33. The number of likely N-dealkylation sites (tertiary alicyclic amines) is 1. The van der Waals surface area contributed by atoms with Gasteiger partial charge in [-0.2, -0.15) is 0 Å². The average Bonchev–Trinajstić information content (AvgIpc) is 3.27. The monoisotopic (exact) mass is 403 g/mol. The van der Waals surface area contributed by atoms with Gasteiger partial charge in [-0.25, -0.2) is 4.98 Å². The van der Waals surface area contributed by atoms with Gasteiger partial charge in [-0.1, -0.05) is 6.07 Å². The first-order chi connectivity index (χ1) is 12.9. The molecule has 3 aromatic rings. The molecule has 1 aliphatic rings. The Bertz CT molecular complexity index is 1040. The highest BCUT2D eigenvalue weighted by Gasteiger charge is 2.35. The molecule has 142 valence electrons. The number of carbonyl (C=O) groups excluding carboxylic acids is 1. The van der Waals surface area contributed by atoms with Crippen molar-refractivity contribution in [2.75, 3.05) is 13.1 Å². The number of hydrogen-bond acceptors (Lipinski definition) is 6. The smallest absolute Gasteiger partial charge is 0.263 e. The SMILES string of the molecule is Cc1sc2ncn(CC3(O)CCN(C(=O)c4cccs4)CC3)c(=O)c2c1C. The van der Waals surface area contributed by atoms with E-state index in [1.165, 1.54) is 33.6 Å². The summed E-state index contributed by atoms with van der Waals surface area (Å²) >= 11 is 2.95. The molecule has 4 heterocycles. The van der Waals surface area contributed by atoms with Gasteiger partial charge < -0.3 is 10.0 Å². The molecular formula is C19H21N3O3S2. The van der Waals surface area contributed by atoms with E-state index in [-0.39, 0.29) is 18.0 Å². The largest absolute Gasteiger partial charge is 0.388 e. The van der Waals surface area contributed by atoms with Crippen LogP contribution in [0, 0.1) is 13.8 Å². The molecular weight excluding hydrogens is 382 g/mol. The van der Waals surface area contributed by atoms with Crippen molar-refractivity contribution < 1.29 is 9.90 Å². The van der Waals surface area contributed by atoms with Crippen LogP contribution in [0.2, 0.25) is 0 Å². The number of carbonyl (C=O) groups is 1.